The van der Waals surface area contributed by atoms with Crippen LogP contribution in [0.5, 0.6) is 0 Å². The van der Waals surface area contributed by atoms with Gasteiger partial charge in [-0.25, -0.2) is 0 Å². The van der Waals surface area contributed by atoms with Gasteiger partial charge in [-0.3, -0.25) is 0 Å². The summed E-state index contributed by atoms with van der Waals surface area (Å²) in [6.45, 7) is 7.80. The van der Waals surface area contributed by atoms with Crippen LogP contribution < -0.4 is 5.32 Å². The molecule has 0 aromatic rings. The van der Waals surface area contributed by atoms with Crippen LogP contribution in [0.1, 0.15) is 33.1 Å². The summed E-state index contributed by atoms with van der Waals surface area (Å²) in [7, 11) is 2.14. The molecule has 0 saturated carbocycles. The molecule has 0 aliphatic rings. The monoisotopic (exact) mass is 202 g/mol. The predicted octanol–water partition coefficient (Wildman–Crippen LogP) is 1.08. The van der Waals surface area contributed by atoms with Gasteiger partial charge in [0.15, 0.2) is 0 Å². The maximum atomic E-state index is 9.11. The van der Waals surface area contributed by atoms with Crippen LogP contribution in [0.15, 0.2) is 0 Å². The molecule has 0 aromatic carbocycles. The van der Waals surface area contributed by atoms with Crippen molar-refractivity contribution in [2.24, 2.45) is 0 Å². The standard InChI is InChI=1S/C11H26N2O/c1-4-7-12-11(10-14)6-9-13(3)8-5-2/h11-12,14H,4-10H2,1-3H3. The van der Waals surface area contributed by atoms with Crippen molar-refractivity contribution in [3.63, 3.8) is 0 Å². The number of aliphatic hydroxyl groups excluding tert-OH is 1. The van der Waals surface area contributed by atoms with Gasteiger partial charge in [0.1, 0.15) is 0 Å². The van der Waals surface area contributed by atoms with E-state index in [-0.39, 0.29) is 12.6 Å². The summed E-state index contributed by atoms with van der Waals surface area (Å²) < 4.78 is 0. The van der Waals surface area contributed by atoms with Gasteiger partial charge in [0.05, 0.1) is 6.61 Å². The van der Waals surface area contributed by atoms with Crippen molar-refractivity contribution in [1.82, 2.24) is 10.2 Å². The Morgan fingerprint density at radius 1 is 1.21 bits per heavy atom. The third-order valence-electron chi connectivity index (χ3n) is 2.37. The molecule has 3 nitrogen and oxygen atoms in total. The first-order valence-corrected chi connectivity index (χ1v) is 5.77. The fraction of sp³-hybridized carbons (Fsp3) is 1.00. The number of hydrogen-bond donors (Lipinski definition) is 2. The van der Waals surface area contributed by atoms with E-state index in [2.05, 4.69) is 31.1 Å². The van der Waals surface area contributed by atoms with Crippen molar-refractivity contribution in [1.29, 1.82) is 0 Å². The highest BCUT2D eigenvalue weighted by molar-refractivity contribution is 4.66. The molecule has 0 radical (unpaired) electrons. The van der Waals surface area contributed by atoms with E-state index in [0.717, 1.165) is 32.5 Å². The Labute approximate surface area is 88.5 Å². The second kappa shape index (κ2) is 9.44. The molecule has 0 aliphatic carbocycles. The third-order valence-corrected chi connectivity index (χ3v) is 2.37. The molecule has 0 aromatic heterocycles. The molecule has 3 heteroatoms. The minimum Gasteiger partial charge on any atom is -0.395 e. The van der Waals surface area contributed by atoms with Gasteiger partial charge in [-0.05, 0) is 45.9 Å². The average molecular weight is 202 g/mol. The predicted molar refractivity (Wildman–Crippen MR) is 61.6 cm³/mol. The number of rotatable bonds is 9. The van der Waals surface area contributed by atoms with Crippen LogP contribution in [0.2, 0.25) is 0 Å². The molecule has 0 fully saturated rings. The molecular weight excluding hydrogens is 176 g/mol. The zero-order chi connectivity index (χ0) is 10.8. The molecule has 0 rings (SSSR count). The maximum absolute atomic E-state index is 9.11. The van der Waals surface area contributed by atoms with Crippen LogP contribution in [0.3, 0.4) is 0 Å². The lowest BCUT2D eigenvalue weighted by atomic mass is 10.2. The van der Waals surface area contributed by atoms with Gasteiger partial charge in [0.25, 0.3) is 0 Å². The third kappa shape index (κ3) is 7.30. The summed E-state index contributed by atoms with van der Waals surface area (Å²) in [5.41, 5.74) is 0. The molecule has 0 saturated heterocycles. The molecule has 2 N–H and O–H groups in total. The fourth-order valence-electron chi connectivity index (χ4n) is 1.48. The summed E-state index contributed by atoms with van der Waals surface area (Å²) in [4.78, 5) is 2.32. The lowest BCUT2D eigenvalue weighted by Crippen LogP contribution is -2.36. The van der Waals surface area contributed by atoms with Crippen molar-refractivity contribution in [2.75, 3.05) is 33.3 Å². The van der Waals surface area contributed by atoms with E-state index in [1.54, 1.807) is 0 Å². The largest absolute Gasteiger partial charge is 0.395 e. The summed E-state index contributed by atoms with van der Waals surface area (Å²) in [5.74, 6) is 0. The number of nitrogens with zero attached hydrogens (tertiary/aromatic N) is 1. The second-order valence-electron chi connectivity index (χ2n) is 3.93. The van der Waals surface area contributed by atoms with E-state index < -0.39 is 0 Å². The van der Waals surface area contributed by atoms with Crippen LogP contribution in [0.25, 0.3) is 0 Å². The number of hydrogen-bond acceptors (Lipinski definition) is 3. The Morgan fingerprint density at radius 2 is 1.93 bits per heavy atom. The maximum Gasteiger partial charge on any atom is 0.0585 e. The van der Waals surface area contributed by atoms with E-state index in [4.69, 9.17) is 5.11 Å². The molecule has 0 aliphatic heterocycles. The van der Waals surface area contributed by atoms with Crippen molar-refractivity contribution >= 4 is 0 Å². The molecule has 0 amide bonds. The van der Waals surface area contributed by atoms with Crippen LogP contribution in [0, 0.1) is 0 Å². The van der Waals surface area contributed by atoms with Crippen LogP contribution >= 0.6 is 0 Å². The SMILES string of the molecule is CCCNC(CO)CCN(C)CCC. The fourth-order valence-corrected chi connectivity index (χ4v) is 1.48. The highest BCUT2D eigenvalue weighted by atomic mass is 16.3. The Kier molecular flexibility index (Phi) is 9.35. The molecule has 1 unspecified atom stereocenters. The molecule has 14 heavy (non-hydrogen) atoms. The van der Waals surface area contributed by atoms with Gasteiger partial charge in [0.2, 0.25) is 0 Å². The van der Waals surface area contributed by atoms with Crippen LogP contribution in [-0.4, -0.2) is 49.3 Å². The quantitative estimate of drug-likeness (QED) is 0.587. The number of aliphatic hydroxyl groups is 1. The Hall–Kier alpha value is -0.120. The molecule has 1 atom stereocenters. The summed E-state index contributed by atoms with van der Waals surface area (Å²) >= 11 is 0. The molecule has 0 heterocycles. The van der Waals surface area contributed by atoms with Gasteiger partial charge in [-0.1, -0.05) is 13.8 Å². The van der Waals surface area contributed by atoms with E-state index in [1.807, 2.05) is 0 Å². The zero-order valence-corrected chi connectivity index (χ0v) is 9.92. The lowest BCUT2D eigenvalue weighted by molar-refractivity contribution is 0.217. The normalized spacial score (nSPS) is 13.5. The van der Waals surface area contributed by atoms with Crippen molar-refractivity contribution < 1.29 is 5.11 Å². The molecular formula is C11H26N2O. The minimum atomic E-state index is 0.250. The number of nitrogens with one attached hydrogen (secondary N) is 1. The zero-order valence-electron chi connectivity index (χ0n) is 9.92. The molecule has 0 spiro atoms. The van der Waals surface area contributed by atoms with Gasteiger partial charge in [0, 0.05) is 6.04 Å². The minimum absolute atomic E-state index is 0.250. The van der Waals surface area contributed by atoms with Crippen LogP contribution in [0.4, 0.5) is 0 Å². The topological polar surface area (TPSA) is 35.5 Å². The van der Waals surface area contributed by atoms with Gasteiger partial charge in [-0.15, -0.1) is 0 Å². The smallest absolute Gasteiger partial charge is 0.0585 e. The first kappa shape index (κ1) is 13.9. The van der Waals surface area contributed by atoms with Crippen LogP contribution in [-0.2, 0) is 0 Å². The molecule has 86 valence electrons. The van der Waals surface area contributed by atoms with Gasteiger partial charge in [-0.2, -0.15) is 0 Å². The lowest BCUT2D eigenvalue weighted by Gasteiger charge is -2.20. The summed E-state index contributed by atoms with van der Waals surface area (Å²) in [5, 5.41) is 12.5. The Balaban J connectivity index is 3.50. The highest BCUT2D eigenvalue weighted by Crippen LogP contribution is 1.95. The van der Waals surface area contributed by atoms with E-state index in [9.17, 15) is 0 Å². The van der Waals surface area contributed by atoms with Gasteiger partial charge >= 0.3 is 0 Å². The Morgan fingerprint density at radius 3 is 2.43 bits per heavy atom. The molecule has 0 bridgehead atoms. The Bertz CT molecular complexity index is 120. The summed E-state index contributed by atoms with van der Waals surface area (Å²) in [6, 6.07) is 0.272. The van der Waals surface area contributed by atoms with Crippen molar-refractivity contribution in [3.05, 3.63) is 0 Å². The summed E-state index contributed by atoms with van der Waals surface area (Å²) in [6.07, 6.45) is 3.36. The van der Waals surface area contributed by atoms with Crippen molar-refractivity contribution in [2.45, 2.75) is 39.2 Å². The first-order chi connectivity index (χ1) is 6.74. The van der Waals surface area contributed by atoms with E-state index in [0.29, 0.717) is 0 Å². The van der Waals surface area contributed by atoms with Gasteiger partial charge < -0.3 is 15.3 Å². The average Bonchev–Trinajstić information content (AvgIpc) is 2.19. The van der Waals surface area contributed by atoms with E-state index >= 15 is 0 Å². The van der Waals surface area contributed by atoms with E-state index in [1.165, 1.54) is 6.42 Å². The highest BCUT2D eigenvalue weighted by Gasteiger charge is 2.06. The first-order valence-electron chi connectivity index (χ1n) is 5.77. The second-order valence-corrected chi connectivity index (χ2v) is 3.93. The van der Waals surface area contributed by atoms with Crippen molar-refractivity contribution in [3.8, 4) is 0 Å².